The van der Waals surface area contributed by atoms with Crippen LogP contribution < -0.4 is 0 Å². The van der Waals surface area contributed by atoms with Crippen LogP contribution in [0.5, 0.6) is 0 Å². The molecule has 1 atom stereocenters. The van der Waals surface area contributed by atoms with Crippen molar-refractivity contribution < 1.29 is 19.0 Å². The van der Waals surface area contributed by atoms with Crippen LogP contribution in [-0.2, 0) is 19.0 Å². The molecule has 78 valence electrons. The van der Waals surface area contributed by atoms with Crippen LogP contribution >= 0.6 is 0 Å². The van der Waals surface area contributed by atoms with Crippen molar-refractivity contribution in [2.24, 2.45) is 0 Å². The SMILES string of the molecule is COC1C=CC(C=O)=CC1(OC)OC. The van der Waals surface area contributed by atoms with Crippen molar-refractivity contribution in [3.63, 3.8) is 0 Å². The lowest BCUT2D eigenvalue weighted by Gasteiger charge is -2.35. The van der Waals surface area contributed by atoms with Gasteiger partial charge in [-0.15, -0.1) is 0 Å². The molecule has 0 bridgehead atoms. The molecule has 1 aliphatic carbocycles. The highest BCUT2D eigenvalue weighted by molar-refractivity contribution is 5.78. The van der Waals surface area contributed by atoms with E-state index in [1.165, 1.54) is 14.2 Å². The molecule has 0 aromatic rings. The second-order valence-electron chi connectivity index (χ2n) is 2.91. The summed E-state index contributed by atoms with van der Waals surface area (Å²) >= 11 is 0. The quantitative estimate of drug-likeness (QED) is 0.492. The maximum absolute atomic E-state index is 10.6. The Morgan fingerprint density at radius 2 is 2.00 bits per heavy atom. The summed E-state index contributed by atoms with van der Waals surface area (Å²) in [6.07, 6.45) is 5.42. The highest BCUT2D eigenvalue weighted by Crippen LogP contribution is 2.27. The Labute approximate surface area is 83.1 Å². The summed E-state index contributed by atoms with van der Waals surface area (Å²) in [7, 11) is 4.57. The van der Waals surface area contributed by atoms with Crippen molar-refractivity contribution in [2.45, 2.75) is 11.9 Å². The molecule has 0 heterocycles. The van der Waals surface area contributed by atoms with E-state index < -0.39 is 5.79 Å². The first kappa shape index (κ1) is 11.1. The molecule has 0 spiro atoms. The van der Waals surface area contributed by atoms with Crippen LogP contribution in [0.2, 0.25) is 0 Å². The molecule has 0 saturated heterocycles. The average Bonchev–Trinajstić information content (AvgIpc) is 2.27. The van der Waals surface area contributed by atoms with E-state index in [2.05, 4.69) is 0 Å². The van der Waals surface area contributed by atoms with Crippen LogP contribution in [-0.4, -0.2) is 39.5 Å². The van der Waals surface area contributed by atoms with Gasteiger partial charge in [0.2, 0.25) is 5.79 Å². The number of aldehydes is 1. The van der Waals surface area contributed by atoms with Crippen molar-refractivity contribution in [3.05, 3.63) is 23.8 Å². The number of ether oxygens (including phenoxy) is 3. The van der Waals surface area contributed by atoms with Crippen molar-refractivity contribution in [3.8, 4) is 0 Å². The fourth-order valence-corrected chi connectivity index (χ4v) is 1.44. The predicted octanol–water partition coefficient (Wildman–Crippen LogP) is 0.686. The molecule has 0 radical (unpaired) electrons. The monoisotopic (exact) mass is 198 g/mol. The average molecular weight is 198 g/mol. The first-order chi connectivity index (χ1) is 6.72. The van der Waals surface area contributed by atoms with Crippen LogP contribution in [0.1, 0.15) is 0 Å². The Kier molecular flexibility index (Phi) is 3.57. The zero-order chi connectivity index (χ0) is 10.6. The van der Waals surface area contributed by atoms with Crippen molar-refractivity contribution in [2.75, 3.05) is 21.3 Å². The van der Waals surface area contributed by atoms with E-state index >= 15 is 0 Å². The zero-order valence-corrected chi connectivity index (χ0v) is 8.52. The van der Waals surface area contributed by atoms with Crippen LogP contribution in [0.4, 0.5) is 0 Å². The molecule has 1 unspecified atom stereocenters. The van der Waals surface area contributed by atoms with Gasteiger partial charge < -0.3 is 14.2 Å². The highest BCUT2D eigenvalue weighted by Gasteiger charge is 2.38. The predicted molar refractivity (Wildman–Crippen MR) is 50.8 cm³/mol. The van der Waals surface area contributed by atoms with Gasteiger partial charge in [0.05, 0.1) is 0 Å². The molecule has 4 nitrogen and oxygen atoms in total. The Bertz CT molecular complexity index is 263. The molecule has 1 rings (SSSR count). The van der Waals surface area contributed by atoms with E-state index in [0.717, 1.165) is 6.29 Å². The molecular formula is C10H14O4. The maximum atomic E-state index is 10.6. The fourth-order valence-electron chi connectivity index (χ4n) is 1.44. The minimum atomic E-state index is -1.00. The lowest BCUT2D eigenvalue weighted by molar-refractivity contribution is -0.221. The first-order valence-corrected chi connectivity index (χ1v) is 4.21. The normalized spacial score (nSPS) is 24.5. The van der Waals surface area contributed by atoms with Crippen molar-refractivity contribution in [1.29, 1.82) is 0 Å². The van der Waals surface area contributed by atoms with Gasteiger partial charge in [-0.1, -0.05) is 6.08 Å². The van der Waals surface area contributed by atoms with Gasteiger partial charge in [0, 0.05) is 26.9 Å². The van der Waals surface area contributed by atoms with E-state index in [-0.39, 0.29) is 6.10 Å². The molecule has 0 aromatic carbocycles. The Hall–Kier alpha value is -0.970. The lowest BCUT2D eigenvalue weighted by atomic mass is 9.99. The topological polar surface area (TPSA) is 44.8 Å². The van der Waals surface area contributed by atoms with Gasteiger partial charge in [0.25, 0.3) is 0 Å². The van der Waals surface area contributed by atoms with Gasteiger partial charge >= 0.3 is 0 Å². The van der Waals surface area contributed by atoms with Gasteiger partial charge in [-0.25, -0.2) is 0 Å². The summed E-state index contributed by atoms with van der Waals surface area (Å²) in [5.41, 5.74) is 0.516. The Morgan fingerprint density at radius 1 is 1.36 bits per heavy atom. The molecule has 0 saturated carbocycles. The summed E-state index contributed by atoms with van der Waals surface area (Å²) in [5.74, 6) is -1.00. The van der Waals surface area contributed by atoms with Gasteiger partial charge in [-0.3, -0.25) is 4.79 Å². The minimum absolute atomic E-state index is 0.346. The summed E-state index contributed by atoms with van der Waals surface area (Å²) in [5, 5.41) is 0. The van der Waals surface area contributed by atoms with Crippen LogP contribution in [0.3, 0.4) is 0 Å². The fraction of sp³-hybridized carbons (Fsp3) is 0.500. The van der Waals surface area contributed by atoms with E-state index in [1.807, 2.05) is 0 Å². The van der Waals surface area contributed by atoms with Crippen molar-refractivity contribution >= 4 is 6.29 Å². The number of hydrogen-bond donors (Lipinski definition) is 0. The Morgan fingerprint density at radius 3 is 2.43 bits per heavy atom. The van der Waals surface area contributed by atoms with E-state index in [9.17, 15) is 4.79 Å². The third-order valence-corrected chi connectivity index (χ3v) is 2.26. The number of carbonyl (C=O) groups is 1. The largest absolute Gasteiger partial charge is 0.371 e. The van der Waals surface area contributed by atoms with Crippen LogP contribution in [0.25, 0.3) is 0 Å². The minimum Gasteiger partial charge on any atom is -0.371 e. The molecule has 1 aliphatic rings. The standard InChI is InChI=1S/C10H14O4/c1-12-9-5-4-8(7-11)6-10(9,13-2)14-3/h4-7,9H,1-3H3. The Balaban J connectivity index is 3.02. The third kappa shape index (κ3) is 1.77. The summed E-state index contributed by atoms with van der Waals surface area (Å²) in [6.45, 7) is 0. The van der Waals surface area contributed by atoms with Gasteiger partial charge in [-0.05, 0) is 12.2 Å². The smallest absolute Gasteiger partial charge is 0.219 e. The molecule has 14 heavy (non-hydrogen) atoms. The van der Waals surface area contributed by atoms with E-state index in [1.54, 1.807) is 25.3 Å². The zero-order valence-electron chi connectivity index (χ0n) is 8.52. The highest BCUT2D eigenvalue weighted by atomic mass is 16.7. The second kappa shape index (κ2) is 4.50. The van der Waals surface area contributed by atoms with Gasteiger partial charge in [0.1, 0.15) is 12.4 Å². The second-order valence-corrected chi connectivity index (χ2v) is 2.91. The molecule has 0 N–H and O–H groups in total. The number of rotatable bonds is 4. The number of carbonyl (C=O) groups excluding carboxylic acids is 1. The van der Waals surface area contributed by atoms with E-state index in [0.29, 0.717) is 5.57 Å². The summed E-state index contributed by atoms with van der Waals surface area (Å²) < 4.78 is 15.6. The summed E-state index contributed by atoms with van der Waals surface area (Å²) in [6, 6.07) is 0. The number of hydrogen-bond acceptors (Lipinski definition) is 4. The van der Waals surface area contributed by atoms with E-state index in [4.69, 9.17) is 14.2 Å². The molecule has 0 fully saturated rings. The number of allylic oxidation sites excluding steroid dienone is 2. The van der Waals surface area contributed by atoms with Crippen LogP contribution in [0.15, 0.2) is 23.8 Å². The third-order valence-electron chi connectivity index (χ3n) is 2.26. The summed E-state index contributed by atoms with van der Waals surface area (Å²) in [4.78, 5) is 10.6. The van der Waals surface area contributed by atoms with Crippen LogP contribution in [0, 0.1) is 0 Å². The van der Waals surface area contributed by atoms with Gasteiger partial charge in [-0.2, -0.15) is 0 Å². The lowest BCUT2D eigenvalue weighted by Crippen LogP contribution is -2.46. The van der Waals surface area contributed by atoms with Crippen molar-refractivity contribution in [1.82, 2.24) is 0 Å². The first-order valence-electron chi connectivity index (χ1n) is 4.21. The molecule has 0 amide bonds. The molecule has 0 aromatic heterocycles. The molecule has 4 heteroatoms. The molecule has 0 aliphatic heterocycles. The number of methoxy groups -OCH3 is 3. The maximum Gasteiger partial charge on any atom is 0.219 e. The van der Waals surface area contributed by atoms with Gasteiger partial charge in [0.15, 0.2) is 0 Å². The molecular weight excluding hydrogens is 184 g/mol.